The molecule has 11 heteroatoms. The van der Waals surface area contributed by atoms with E-state index in [0.29, 0.717) is 19.4 Å². The topological polar surface area (TPSA) is 185 Å². The van der Waals surface area contributed by atoms with Crippen molar-refractivity contribution in [2.75, 3.05) is 12.3 Å². The van der Waals surface area contributed by atoms with E-state index >= 15 is 0 Å². The normalized spacial score (nSPS) is 14.3. The lowest BCUT2D eigenvalue weighted by Gasteiger charge is -2.21. The second-order valence-electron chi connectivity index (χ2n) is 5.13. The number of aliphatic carboxylic acids is 2. The minimum Gasteiger partial charge on any atom is -0.481 e. The molecule has 2 amide bonds. The number of carboxylic acids is 2. The van der Waals surface area contributed by atoms with E-state index in [0.717, 1.165) is 0 Å². The van der Waals surface area contributed by atoms with E-state index in [-0.39, 0.29) is 12.2 Å². The summed E-state index contributed by atoms with van der Waals surface area (Å²) in [6.07, 6.45) is 0.749. The van der Waals surface area contributed by atoms with Crippen molar-refractivity contribution < 1.29 is 29.4 Å². The fourth-order valence-electron chi connectivity index (χ4n) is 1.78. The van der Waals surface area contributed by atoms with Crippen LogP contribution in [0.15, 0.2) is 0 Å². The van der Waals surface area contributed by atoms with E-state index in [1.54, 1.807) is 0 Å². The molecule has 0 rings (SSSR count). The summed E-state index contributed by atoms with van der Waals surface area (Å²) in [5.74, 6) is -4.13. The number of carbonyl (C=O) groups excluding carboxylic acids is 2. The van der Waals surface area contributed by atoms with Gasteiger partial charge in [0, 0.05) is 5.75 Å². The molecule has 0 fully saturated rings. The highest BCUT2D eigenvalue weighted by Crippen LogP contribution is 2.02. The summed E-state index contributed by atoms with van der Waals surface area (Å²) in [4.78, 5) is 45.5. The van der Waals surface area contributed by atoms with Crippen LogP contribution in [0.4, 0.5) is 0 Å². The summed E-state index contributed by atoms with van der Waals surface area (Å²) in [5.41, 5.74) is 10.7. The molecule has 24 heavy (non-hydrogen) atoms. The van der Waals surface area contributed by atoms with Crippen molar-refractivity contribution in [3.8, 4) is 0 Å². The standard InChI is InChI=1S/C13H24N4O6S/c14-4-2-1-3-8(13(22)23)16-12(21)9(6-24)17-11(20)7(15)5-10(18)19/h7-9,24H,1-6,14-15H2,(H,16,21)(H,17,20)(H,18,19)(H,22,23)/t7-,8-,9-/m0/s1. The molecule has 10 nitrogen and oxygen atoms in total. The third-order valence-electron chi connectivity index (χ3n) is 3.11. The zero-order chi connectivity index (χ0) is 18.7. The van der Waals surface area contributed by atoms with Crippen LogP contribution in [0.5, 0.6) is 0 Å². The fourth-order valence-corrected chi connectivity index (χ4v) is 2.03. The minimum atomic E-state index is -1.32. The maximum atomic E-state index is 12.1. The average Bonchev–Trinajstić information content (AvgIpc) is 2.50. The molecule has 0 unspecified atom stereocenters. The van der Waals surface area contributed by atoms with Crippen LogP contribution in [-0.4, -0.2) is 64.4 Å². The van der Waals surface area contributed by atoms with Crippen LogP contribution in [0, 0.1) is 0 Å². The SMILES string of the molecule is NCCCC[C@H](NC(=O)[C@H](CS)NC(=O)[C@@H](N)CC(=O)O)C(=O)O. The Kier molecular flexibility index (Phi) is 10.8. The Morgan fingerprint density at radius 3 is 2.04 bits per heavy atom. The largest absolute Gasteiger partial charge is 0.481 e. The quantitative estimate of drug-likeness (QED) is 0.152. The van der Waals surface area contributed by atoms with Crippen LogP contribution in [-0.2, 0) is 19.2 Å². The lowest BCUT2D eigenvalue weighted by molar-refractivity contribution is -0.142. The van der Waals surface area contributed by atoms with Gasteiger partial charge in [-0.1, -0.05) is 0 Å². The summed E-state index contributed by atoms with van der Waals surface area (Å²) < 4.78 is 0. The molecule has 0 aromatic heterocycles. The zero-order valence-electron chi connectivity index (χ0n) is 13.1. The van der Waals surface area contributed by atoms with Gasteiger partial charge < -0.3 is 32.3 Å². The van der Waals surface area contributed by atoms with E-state index in [9.17, 15) is 19.2 Å². The number of thiol groups is 1. The van der Waals surface area contributed by atoms with Crippen molar-refractivity contribution in [2.24, 2.45) is 11.5 Å². The Balaban J connectivity index is 4.67. The molecular formula is C13H24N4O6S. The molecule has 8 N–H and O–H groups in total. The van der Waals surface area contributed by atoms with Gasteiger partial charge in [-0.05, 0) is 25.8 Å². The number of nitrogens with two attached hydrogens (primary N) is 2. The first-order valence-electron chi connectivity index (χ1n) is 7.34. The zero-order valence-corrected chi connectivity index (χ0v) is 14.0. The molecule has 0 bridgehead atoms. The third-order valence-corrected chi connectivity index (χ3v) is 3.47. The Bertz CT molecular complexity index is 462. The molecule has 0 aromatic carbocycles. The summed E-state index contributed by atoms with van der Waals surface area (Å²) in [6.45, 7) is 0.414. The van der Waals surface area contributed by atoms with Gasteiger partial charge in [-0.25, -0.2) is 4.79 Å². The van der Waals surface area contributed by atoms with Crippen molar-refractivity contribution in [2.45, 2.75) is 43.8 Å². The summed E-state index contributed by atoms with van der Waals surface area (Å²) in [6, 6.07) is -3.56. The maximum absolute atomic E-state index is 12.1. The second-order valence-corrected chi connectivity index (χ2v) is 5.50. The number of carboxylic acid groups (broad SMARTS) is 2. The Labute approximate surface area is 144 Å². The molecule has 0 saturated carbocycles. The van der Waals surface area contributed by atoms with Crippen molar-refractivity contribution in [3.05, 3.63) is 0 Å². The van der Waals surface area contributed by atoms with E-state index in [1.165, 1.54) is 0 Å². The van der Waals surface area contributed by atoms with E-state index in [1.807, 2.05) is 0 Å². The number of carbonyl (C=O) groups is 4. The van der Waals surface area contributed by atoms with E-state index in [4.69, 9.17) is 21.7 Å². The van der Waals surface area contributed by atoms with Crippen LogP contribution in [0.3, 0.4) is 0 Å². The van der Waals surface area contributed by atoms with Gasteiger partial charge in [-0.3, -0.25) is 14.4 Å². The van der Waals surface area contributed by atoms with Gasteiger partial charge in [0.1, 0.15) is 12.1 Å². The van der Waals surface area contributed by atoms with Crippen molar-refractivity contribution in [1.82, 2.24) is 10.6 Å². The van der Waals surface area contributed by atoms with Gasteiger partial charge in [-0.15, -0.1) is 0 Å². The summed E-state index contributed by atoms with van der Waals surface area (Å²) >= 11 is 3.93. The maximum Gasteiger partial charge on any atom is 0.326 e. The number of amides is 2. The first-order valence-corrected chi connectivity index (χ1v) is 7.98. The Morgan fingerprint density at radius 1 is 1.00 bits per heavy atom. The lowest BCUT2D eigenvalue weighted by Crippen LogP contribution is -2.55. The molecular weight excluding hydrogens is 340 g/mol. The third kappa shape index (κ3) is 8.70. The van der Waals surface area contributed by atoms with Gasteiger partial charge in [0.15, 0.2) is 0 Å². The summed E-state index contributed by atoms with van der Waals surface area (Å²) in [5, 5.41) is 22.3. The van der Waals surface area contributed by atoms with Crippen LogP contribution in [0.1, 0.15) is 25.7 Å². The Morgan fingerprint density at radius 2 is 1.58 bits per heavy atom. The Hall–Kier alpha value is -1.85. The summed E-state index contributed by atoms with van der Waals surface area (Å²) in [7, 11) is 0. The van der Waals surface area contributed by atoms with E-state index in [2.05, 4.69) is 23.3 Å². The van der Waals surface area contributed by atoms with E-state index < -0.39 is 48.3 Å². The average molecular weight is 364 g/mol. The lowest BCUT2D eigenvalue weighted by atomic mass is 10.1. The van der Waals surface area contributed by atoms with Crippen LogP contribution >= 0.6 is 12.6 Å². The van der Waals surface area contributed by atoms with Crippen molar-refractivity contribution in [3.63, 3.8) is 0 Å². The van der Waals surface area contributed by atoms with Gasteiger partial charge >= 0.3 is 11.9 Å². The molecule has 0 saturated heterocycles. The number of rotatable bonds is 12. The number of hydrogen-bond acceptors (Lipinski definition) is 7. The smallest absolute Gasteiger partial charge is 0.326 e. The molecule has 0 aliphatic rings. The van der Waals surface area contributed by atoms with Gasteiger partial charge in [0.2, 0.25) is 11.8 Å². The molecule has 0 aliphatic carbocycles. The molecule has 0 radical (unpaired) electrons. The predicted octanol–water partition coefficient (Wildman–Crippen LogP) is -2.10. The predicted molar refractivity (Wildman–Crippen MR) is 88.5 cm³/mol. The van der Waals surface area contributed by atoms with Crippen LogP contribution in [0.25, 0.3) is 0 Å². The molecule has 0 spiro atoms. The highest BCUT2D eigenvalue weighted by Gasteiger charge is 2.27. The van der Waals surface area contributed by atoms with Gasteiger partial charge in [-0.2, -0.15) is 12.6 Å². The molecule has 0 heterocycles. The monoisotopic (exact) mass is 364 g/mol. The fraction of sp³-hybridized carbons (Fsp3) is 0.692. The molecule has 138 valence electrons. The van der Waals surface area contributed by atoms with Gasteiger partial charge in [0.25, 0.3) is 0 Å². The van der Waals surface area contributed by atoms with Crippen molar-refractivity contribution in [1.29, 1.82) is 0 Å². The number of hydrogen-bond donors (Lipinski definition) is 7. The highest BCUT2D eigenvalue weighted by atomic mass is 32.1. The first kappa shape index (κ1) is 22.1. The molecule has 0 aromatic rings. The molecule has 0 aliphatic heterocycles. The first-order chi connectivity index (χ1) is 11.2. The minimum absolute atomic E-state index is 0.105. The second kappa shape index (κ2) is 11.6. The van der Waals surface area contributed by atoms with Gasteiger partial charge in [0.05, 0.1) is 12.5 Å². The van der Waals surface area contributed by atoms with Crippen LogP contribution in [0.2, 0.25) is 0 Å². The highest BCUT2D eigenvalue weighted by molar-refractivity contribution is 7.80. The number of unbranched alkanes of at least 4 members (excludes halogenated alkanes) is 1. The van der Waals surface area contributed by atoms with Crippen LogP contribution < -0.4 is 22.1 Å². The number of nitrogens with one attached hydrogen (secondary N) is 2. The molecule has 3 atom stereocenters. The van der Waals surface area contributed by atoms with Crippen molar-refractivity contribution >= 4 is 36.4 Å².